The van der Waals surface area contributed by atoms with Gasteiger partial charge in [0.25, 0.3) is 5.56 Å². The second kappa shape index (κ2) is 3.86. The summed E-state index contributed by atoms with van der Waals surface area (Å²) in [7, 11) is 0. The van der Waals surface area contributed by atoms with E-state index in [9.17, 15) is 4.79 Å². The van der Waals surface area contributed by atoms with E-state index in [0.29, 0.717) is 24.0 Å². The molecule has 0 spiro atoms. The highest BCUT2D eigenvalue weighted by Gasteiger charge is 2.00. The lowest BCUT2D eigenvalue weighted by molar-refractivity contribution is 0.881. The average molecular weight is 207 g/mol. The Morgan fingerprint density at radius 2 is 2.40 bits per heavy atom. The Morgan fingerprint density at radius 1 is 1.53 bits per heavy atom. The van der Waals surface area contributed by atoms with E-state index in [1.54, 1.807) is 6.92 Å². The zero-order valence-electron chi connectivity index (χ0n) is 7.98. The normalized spacial score (nSPS) is 10.2. The second-order valence-corrected chi connectivity index (χ2v) is 2.90. The molecule has 3 N–H and O–H groups in total. The summed E-state index contributed by atoms with van der Waals surface area (Å²) in [5.41, 5.74) is -0.196. The Hall–Kier alpha value is -2.25. The van der Waals surface area contributed by atoms with Gasteiger partial charge in [-0.1, -0.05) is 5.21 Å². The molecule has 0 aliphatic rings. The SMILES string of the molecule is Cc1nc(NCc2nn[nH]n2)cc(=O)[nH]1. The molecule has 8 nitrogen and oxygen atoms in total. The van der Waals surface area contributed by atoms with Crippen LogP contribution >= 0.6 is 0 Å². The number of nitrogens with zero attached hydrogens (tertiary/aromatic N) is 4. The van der Waals surface area contributed by atoms with E-state index >= 15 is 0 Å². The first-order chi connectivity index (χ1) is 7.24. The van der Waals surface area contributed by atoms with Gasteiger partial charge in [0.2, 0.25) is 0 Å². The number of tetrazole rings is 1. The maximum absolute atomic E-state index is 11.1. The summed E-state index contributed by atoms with van der Waals surface area (Å²) in [5, 5.41) is 16.2. The van der Waals surface area contributed by atoms with Crippen LogP contribution in [0.15, 0.2) is 10.9 Å². The fraction of sp³-hybridized carbons (Fsp3) is 0.286. The minimum absolute atomic E-state index is 0.196. The Bertz CT molecular complexity index is 488. The van der Waals surface area contributed by atoms with Crippen molar-refractivity contribution < 1.29 is 0 Å². The van der Waals surface area contributed by atoms with Crippen LogP contribution in [-0.4, -0.2) is 30.6 Å². The summed E-state index contributed by atoms with van der Waals surface area (Å²) in [6, 6.07) is 1.37. The molecule has 0 amide bonds. The highest BCUT2D eigenvalue weighted by atomic mass is 16.1. The molecule has 0 unspecified atom stereocenters. The lowest BCUT2D eigenvalue weighted by Gasteiger charge is -2.01. The molecule has 0 aliphatic heterocycles. The zero-order valence-corrected chi connectivity index (χ0v) is 7.98. The fourth-order valence-electron chi connectivity index (χ4n) is 1.10. The van der Waals surface area contributed by atoms with Gasteiger partial charge in [-0.2, -0.15) is 5.21 Å². The van der Waals surface area contributed by atoms with Crippen molar-refractivity contribution in [3.8, 4) is 0 Å². The zero-order chi connectivity index (χ0) is 10.7. The molecule has 0 aromatic carbocycles. The molecule has 78 valence electrons. The molecule has 2 rings (SSSR count). The van der Waals surface area contributed by atoms with Crippen LogP contribution in [0.1, 0.15) is 11.6 Å². The number of rotatable bonds is 3. The molecular formula is C7H9N7O. The van der Waals surface area contributed by atoms with Gasteiger partial charge in [-0.15, -0.1) is 10.2 Å². The van der Waals surface area contributed by atoms with Gasteiger partial charge in [-0.25, -0.2) is 4.98 Å². The summed E-state index contributed by atoms with van der Waals surface area (Å²) < 4.78 is 0. The molecule has 0 saturated heterocycles. The minimum atomic E-state index is -0.196. The number of hydrogen-bond donors (Lipinski definition) is 3. The summed E-state index contributed by atoms with van der Waals surface area (Å²) >= 11 is 0. The van der Waals surface area contributed by atoms with E-state index < -0.39 is 0 Å². The predicted molar refractivity (Wildman–Crippen MR) is 51.1 cm³/mol. The van der Waals surface area contributed by atoms with Gasteiger partial charge in [0.05, 0.1) is 6.54 Å². The van der Waals surface area contributed by atoms with Crippen LogP contribution < -0.4 is 10.9 Å². The number of hydrogen-bond acceptors (Lipinski definition) is 6. The lowest BCUT2D eigenvalue weighted by atomic mass is 10.5. The Morgan fingerprint density at radius 3 is 3.07 bits per heavy atom. The van der Waals surface area contributed by atoms with Gasteiger partial charge < -0.3 is 10.3 Å². The monoisotopic (exact) mass is 207 g/mol. The molecule has 0 fully saturated rings. The second-order valence-electron chi connectivity index (χ2n) is 2.90. The molecule has 0 radical (unpaired) electrons. The van der Waals surface area contributed by atoms with Crippen molar-refractivity contribution in [1.82, 2.24) is 30.6 Å². The van der Waals surface area contributed by atoms with E-state index in [4.69, 9.17) is 0 Å². The number of nitrogens with one attached hydrogen (secondary N) is 3. The first-order valence-corrected chi connectivity index (χ1v) is 4.28. The number of aryl methyl sites for hydroxylation is 1. The van der Waals surface area contributed by atoms with Crippen molar-refractivity contribution in [2.75, 3.05) is 5.32 Å². The molecule has 0 saturated carbocycles. The number of H-pyrrole nitrogens is 2. The van der Waals surface area contributed by atoms with Crippen LogP contribution in [-0.2, 0) is 6.54 Å². The Balaban J connectivity index is 2.08. The molecule has 0 atom stereocenters. The quantitative estimate of drug-likeness (QED) is 0.607. The summed E-state index contributed by atoms with van der Waals surface area (Å²) in [5.74, 6) is 1.55. The molecule has 2 aromatic rings. The van der Waals surface area contributed by atoms with E-state index in [1.807, 2.05) is 0 Å². The van der Waals surface area contributed by atoms with Gasteiger partial charge >= 0.3 is 0 Å². The van der Waals surface area contributed by atoms with Crippen LogP contribution in [0.25, 0.3) is 0 Å². The first kappa shape index (κ1) is 9.31. The van der Waals surface area contributed by atoms with Gasteiger partial charge in [-0.3, -0.25) is 4.79 Å². The highest BCUT2D eigenvalue weighted by molar-refractivity contribution is 5.32. The van der Waals surface area contributed by atoms with Crippen LogP contribution in [0.5, 0.6) is 0 Å². The van der Waals surface area contributed by atoms with Gasteiger partial charge in [0.1, 0.15) is 11.6 Å². The van der Waals surface area contributed by atoms with Crippen molar-refractivity contribution in [3.63, 3.8) is 0 Å². The average Bonchev–Trinajstić information content (AvgIpc) is 2.65. The third-order valence-electron chi connectivity index (χ3n) is 1.68. The van der Waals surface area contributed by atoms with Crippen LogP contribution in [0.4, 0.5) is 5.82 Å². The standard InChI is InChI=1S/C7H9N7O/c1-4-9-5(2-7(15)10-4)8-3-6-11-13-14-12-6/h2H,3H2,1H3,(H2,8,9,10,15)(H,11,12,13,14). The van der Waals surface area contributed by atoms with E-state index in [2.05, 4.69) is 35.9 Å². The third-order valence-corrected chi connectivity index (χ3v) is 1.68. The van der Waals surface area contributed by atoms with Crippen molar-refractivity contribution >= 4 is 5.82 Å². The Labute approximate surface area is 84.1 Å². The number of aromatic amines is 2. The smallest absolute Gasteiger partial charge is 0.252 e. The number of aromatic nitrogens is 6. The molecule has 2 heterocycles. The minimum Gasteiger partial charge on any atom is -0.362 e. The maximum atomic E-state index is 11.1. The first-order valence-electron chi connectivity index (χ1n) is 4.28. The summed E-state index contributed by atoms with van der Waals surface area (Å²) in [4.78, 5) is 17.7. The molecule has 0 aliphatic carbocycles. The third kappa shape index (κ3) is 2.36. The molecule has 15 heavy (non-hydrogen) atoms. The molecule has 0 bridgehead atoms. The predicted octanol–water partition coefficient (Wildman–Crippen LogP) is -0.796. The van der Waals surface area contributed by atoms with Crippen LogP contribution in [0, 0.1) is 6.92 Å². The molecule has 2 aromatic heterocycles. The van der Waals surface area contributed by atoms with E-state index in [-0.39, 0.29) is 5.56 Å². The fourth-order valence-corrected chi connectivity index (χ4v) is 1.10. The largest absolute Gasteiger partial charge is 0.362 e. The highest BCUT2D eigenvalue weighted by Crippen LogP contribution is 1.99. The van der Waals surface area contributed by atoms with Gasteiger partial charge in [-0.05, 0) is 6.92 Å². The molecule has 8 heteroatoms. The van der Waals surface area contributed by atoms with Crippen molar-refractivity contribution in [3.05, 3.63) is 28.1 Å². The van der Waals surface area contributed by atoms with Crippen LogP contribution in [0.2, 0.25) is 0 Å². The van der Waals surface area contributed by atoms with E-state index in [0.717, 1.165) is 0 Å². The lowest BCUT2D eigenvalue weighted by Crippen LogP contribution is -2.12. The van der Waals surface area contributed by atoms with Crippen molar-refractivity contribution in [2.24, 2.45) is 0 Å². The topological polar surface area (TPSA) is 112 Å². The van der Waals surface area contributed by atoms with Crippen molar-refractivity contribution in [2.45, 2.75) is 13.5 Å². The van der Waals surface area contributed by atoms with Crippen LogP contribution in [0.3, 0.4) is 0 Å². The summed E-state index contributed by atoms with van der Waals surface area (Å²) in [6.07, 6.45) is 0. The van der Waals surface area contributed by atoms with E-state index in [1.165, 1.54) is 6.07 Å². The molecular weight excluding hydrogens is 198 g/mol. The van der Waals surface area contributed by atoms with Gasteiger partial charge in [0.15, 0.2) is 5.82 Å². The maximum Gasteiger partial charge on any atom is 0.252 e. The van der Waals surface area contributed by atoms with Crippen molar-refractivity contribution in [1.29, 1.82) is 0 Å². The van der Waals surface area contributed by atoms with Gasteiger partial charge in [0, 0.05) is 6.07 Å². The number of anilines is 1. The summed E-state index contributed by atoms with van der Waals surface area (Å²) in [6.45, 7) is 2.08. The Kier molecular flexibility index (Phi) is 2.40.